The Kier molecular flexibility index (Phi) is 6.92. The van der Waals surface area contributed by atoms with Crippen LogP contribution in [0.4, 0.5) is 5.82 Å². The summed E-state index contributed by atoms with van der Waals surface area (Å²) in [7, 11) is 0. The van der Waals surface area contributed by atoms with Crippen LogP contribution in [-0.2, 0) is 15.0 Å². The molecule has 37 heavy (non-hydrogen) atoms. The minimum absolute atomic E-state index is 0.00504. The highest BCUT2D eigenvalue weighted by atomic mass is 32.2. The van der Waals surface area contributed by atoms with Crippen LogP contribution in [0.3, 0.4) is 0 Å². The van der Waals surface area contributed by atoms with Crippen molar-refractivity contribution in [1.82, 2.24) is 14.7 Å². The van der Waals surface area contributed by atoms with E-state index in [2.05, 4.69) is 65.0 Å². The van der Waals surface area contributed by atoms with Gasteiger partial charge in [-0.15, -0.1) is 11.8 Å². The highest BCUT2D eigenvalue weighted by molar-refractivity contribution is 8.00. The van der Waals surface area contributed by atoms with Crippen molar-refractivity contribution in [1.29, 1.82) is 0 Å². The smallest absolute Gasteiger partial charge is 0.242 e. The number of likely N-dealkylation sites (tertiary alicyclic amines) is 1. The lowest BCUT2D eigenvalue weighted by molar-refractivity contribution is -0.130. The Morgan fingerprint density at radius 1 is 1.05 bits per heavy atom. The Labute approximate surface area is 224 Å². The Morgan fingerprint density at radius 2 is 1.78 bits per heavy atom. The van der Waals surface area contributed by atoms with Crippen molar-refractivity contribution < 1.29 is 9.59 Å². The maximum Gasteiger partial charge on any atom is 0.242 e. The first-order valence-corrected chi connectivity index (χ1v) is 14.2. The Bertz CT molecular complexity index is 1330. The van der Waals surface area contributed by atoms with Gasteiger partial charge in [0.1, 0.15) is 12.4 Å². The number of aromatic nitrogens is 2. The molecule has 1 atom stereocenters. The van der Waals surface area contributed by atoms with Crippen LogP contribution >= 0.6 is 11.8 Å². The number of hydrogen-bond acceptors (Lipinski definition) is 4. The van der Waals surface area contributed by atoms with E-state index < -0.39 is 0 Å². The summed E-state index contributed by atoms with van der Waals surface area (Å²) in [6.45, 7) is 12.2. The van der Waals surface area contributed by atoms with Crippen molar-refractivity contribution in [2.45, 2.75) is 58.1 Å². The lowest BCUT2D eigenvalue weighted by Gasteiger charge is -2.26. The average Bonchev–Trinajstić information content (AvgIpc) is 3.50. The van der Waals surface area contributed by atoms with E-state index in [0.29, 0.717) is 5.75 Å². The summed E-state index contributed by atoms with van der Waals surface area (Å²) < 4.78 is 1.91. The minimum atomic E-state index is -0.265. The zero-order chi connectivity index (χ0) is 26.3. The lowest BCUT2D eigenvalue weighted by Crippen LogP contribution is -2.43. The van der Waals surface area contributed by atoms with Gasteiger partial charge in [-0.25, -0.2) is 4.68 Å². The van der Waals surface area contributed by atoms with E-state index in [0.717, 1.165) is 54.3 Å². The van der Waals surface area contributed by atoms with Gasteiger partial charge in [-0.2, -0.15) is 5.10 Å². The molecule has 194 valence electrons. The van der Waals surface area contributed by atoms with E-state index in [-0.39, 0.29) is 29.0 Å². The molecule has 0 aliphatic carbocycles. The third kappa shape index (κ3) is 4.93. The summed E-state index contributed by atoms with van der Waals surface area (Å²) in [5, 5.41) is 5.13. The highest BCUT2D eigenvalue weighted by Gasteiger charge is 2.40. The molecule has 2 aliphatic heterocycles. The predicted molar refractivity (Wildman–Crippen MR) is 151 cm³/mol. The molecule has 0 unspecified atom stereocenters. The molecule has 0 N–H and O–H groups in total. The lowest BCUT2D eigenvalue weighted by atomic mass is 9.86. The first kappa shape index (κ1) is 25.6. The first-order chi connectivity index (χ1) is 17.6. The molecule has 7 heteroatoms. The molecule has 2 amide bonds. The molecule has 3 heterocycles. The largest absolute Gasteiger partial charge is 0.341 e. The van der Waals surface area contributed by atoms with Gasteiger partial charge in [-0.3, -0.25) is 14.5 Å². The third-order valence-corrected chi connectivity index (χ3v) is 8.51. The molecular formula is C30H36N4O2S. The molecule has 5 rings (SSSR count). The molecule has 1 saturated heterocycles. The Hall–Kier alpha value is -3.06. The van der Waals surface area contributed by atoms with Crippen LogP contribution in [0.1, 0.15) is 66.8 Å². The normalized spacial score (nSPS) is 18.2. The maximum absolute atomic E-state index is 13.8. The molecule has 0 radical (unpaired) electrons. The van der Waals surface area contributed by atoms with Crippen LogP contribution in [0.25, 0.3) is 5.69 Å². The molecule has 2 aromatic carbocycles. The summed E-state index contributed by atoms with van der Waals surface area (Å²) >= 11 is 1.64. The quantitative estimate of drug-likeness (QED) is 0.454. The van der Waals surface area contributed by atoms with E-state index in [9.17, 15) is 9.59 Å². The number of amides is 2. The highest BCUT2D eigenvalue weighted by Crippen LogP contribution is 2.49. The maximum atomic E-state index is 13.8. The first-order valence-electron chi connectivity index (χ1n) is 13.1. The standard InChI is InChI=1S/C30H36N4O2S/c1-20-11-10-13-22(17-20)34-29-26(28(31-34)30(3,4)5)27(23-14-7-6-12-21(23)2)37-19-25(36)33(29)18-24(35)32-15-8-9-16-32/h6-7,10-14,17,27H,8-9,15-16,18-19H2,1-5H3/t27-/m1/s1. The zero-order valence-electron chi connectivity index (χ0n) is 22.5. The molecule has 0 bridgehead atoms. The van der Waals surface area contributed by atoms with Crippen molar-refractivity contribution in [2.75, 3.05) is 30.3 Å². The van der Waals surface area contributed by atoms with Gasteiger partial charge in [-0.05, 0) is 55.5 Å². The number of thioether (sulfide) groups is 1. The number of rotatable bonds is 4. The van der Waals surface area contributed by atoms with Crippen LogP contribution < -0.4 is 4.90 Å². The van der Waals surface area contributed by atoms with Crippen LogP contribution in [0.5, 0.6) is 0 Å². The zero-order valence-corrected chi connectivity index (χ0v) is 23.3. The van der Waals surface area contributed by atoms with Gasteiger partial charge in [-0.1, -0.05) is 57.2 Å². The summed E-state index contributed by atoms with van der Waals surface area (Å²) in [4.78, 5) is 30.8. The van der Waals surface area contributed by atoms with E-state index in [1.54, 1.807) is 16.7 Å². The molecule has 1 aromatic heterocycles. The molecule has 6 nitrogen and oxygen atoms in total. The van der Waals surface area contributed by atoms with E-state index >= 15 is 0 Å². The number of hydrogen-bond donors (Lipinski definition) is 0. The van der Waals surface area contributed by atoms with Gasteiger partial charge in [0.2, 0.25) is 11.8 Å². The van der Waals surface area contributed by atoms with Crippen LogP contribution in [0, 0.1) is 13.8 Å². The van der Waals surface area contributed by atoms with E-state index in [1.165, 1.54) is 11.1 Å². The van der Waals surface area contributed by atoms with Crippen molar-refractivity contribution >= 4 is 29.4 Å². The fourth-order valence-electron chi connectivity index (χ4n) is 5.34. The van der Waals surface area contributed by atoms with Crippen LogP contribution in [0.2, 0.25) is 0 Å². The second-order valence-electron chi connectivity index (χ2n) is 11.2. The second-order valence-corrected chi connectivity index (χ2v) is 12.3. The number of anilines is 1. The van der Waals surface area contributed by atoms with E-state index in [1.807, 2.05) is 27.8 Å². The van der Waals surface area contributed by atoms with Crippen molar-refractivity contribution in [3.8, 4) is 5.69 Å². The summed E-state index contributed by atoms with van der Waals surface area (Å²) in [6, 6.07) is 16.6. The number of carbonyl (C=O) groups is 2. The summed E-state index contributed by atoms with van der Waals surface area (Å²) in [5.74, 6) is 0.985. The molecule has 0 saturated carbocycles. The SMILES string of the molecule is Cc1cccc(-n2nc(C(C)(C)C)c3c2N(CC(=O)N2CCCC2)C(=O)CS[C@@H]3c2ccccc2C)c1. The van der Waals surface area contributed by atoms with E-state index in [4.69, 9.17) is 5.10 Å². The van der Waals surface area contributed by atoms with Gasteiger partial charge < -0.3 is 4.90 Å². The average molecular weight is 517 g/mol. The third-order valence-electron chi connectivity index (χ3n) is 7.27. The molecule has 2 aliphatic rings. The Morgan fingerprint density at radius 3 is 2.46 bits per heavy atom. The number of aryl methyl sites for hydroxylation is 2. The number of benzene rings is 2. The van der Waals surface area contributed by atoms with Gasteiger partial charge in [0.05, 0.1) is 22.4 Å². The Balaban J connectivity index is 1.77. The predicted octanol–water partition coefficient (Wildman–Crippen LogP) is 5.58. The van der Waals surface area contributed by atoms with Crippen LogP contribution in [0.15, 0.2) is 48.5 Å². The monoisotopic (exact) mass is 516 g/mol. The molecule has 3 aromatic rings. The van der Waals surface area contributed by atoms with Gasteiger partial charge in [0.15, 0.2) is 0 Å². The molecular weight excluding hydrogens is 480 g/mol. The molecule has 0 spiro atoms. The summed E-state index contributed by atoms with van der Waals surface area (Å²) in [6.07, 6.45) is 2.04. The fourth-order valence-corrected chi connectivity index (χ4v) is 6.63. The van der Waals surface area contributed by atoms with Gasteiger partial charge >= 0.3 is 0 Å². The van der Waals surface area contributed by atoms with Gasteiger partial charge in [0, 0.05) is 24.1 Å². The van der Waals surface area contributed by atoms with Crippen molar-refractivity contribution in [2.24, 2.45) is 0 Å². The summed E-state index contributed by atoms with van der Waals surface area (Å²) in [5.41, 5.74) is 6.11. The number of nitrogens with zero attached hydrogens (tertiary/aromatic N) is 4. The van der Waals surface area contributed by atoms with Crippen molar-refractivity contribution in [3.05, 3.63) is 76.5 Å². The van der Waals surface area contributed by atoms with Crippen LogP contribution in [-0.4, -0.2) is 51.9 Å². The number of fused-ring (bicyclic) bond motifs is 1. The number of carbonyl (C=O) groups excluding carboxylic acids is 2. The fraction of sp³-hybridized carbons (Fsp3) is 0.433. The second kappa shape index (κ2) is 10.0. The molecule has 1 fully saturated rings. The topological polar surface area (TPSA) is 58.4 Å². The van der Waals surface area contributed by atoms with Gasteiger partial charge in [0.25, 0.3) is 0 Å². The van der Waals surface area contributed by atoms with Crippen molar-refractivity contribution in [3.63, 3.8) is 0 Å². The minimum Gasteiger partial charge on any atom is -0.341 e.